The molecular formula is C19H22F2N2O3S. The maximum absolute atomic E-state index is 13.1. The number of nitrogens with one attached hydrogen (secondary N) is 2. The van der Waals surface area contributed by atoms with Crippen molar-refractivity contribution in [2.75, 3.05) is 5.32 Å². The molecule has 0 aliphatic carbocycles. The van der Waals surface area contributed by atoms with Crippen molar-refractivity contribution >= 4 is 21.6 Å². The van der Waals surface area contributed by atoms with Crippen LogP contribution >= 0.6 is 0 Å². The number of amides is 1. The minimum absolute atomic E-state index is 0.116. The third kappa shape index (κ3) is 6.41. The first kappa shape index (κ1) is 21.0. The number of anilines is 1. The summed E-state index contributed by atoms with van der Waals surface area (Å²) < 4.78 is 53.1. The summed E-state index contributed by atoms with van der Waals surface area (Å²) in [7, 11) is -3.61. The number of benzene rings is 2. The van der Waals surface area contributed by atoms with Crippen molar-refractivity contribution in [1.82, 2.24) is 4.72 Å². The molecule has 2 N–H and O–H groups in total. The van der Waals surface area contributed by atoms with Crippen LogP contribution in [-0.2, 0) is 21.2 Å². The van der Waals surface area contributed by atoms with Crippen LogP contribution < -0.4 is 10.0 Å². The largest absolute Gasteiger partial charge is 0.326 e. The molecule has 0 bridgehead atoms. The van der Waals surface area contributed by atoms with E-state index >= 15 is 0 Å². The number of halogens is 2. The van der Waals surface area contributed by atoms with Crippen molar-refractivity contribution in [2.24, 2.45) is 0 Å². The molecule has 0 fully saturated rings. The molecule has 0 unspecified atom stereocenters. The Morgan fingerprint density at radius 3 is 2.19 bits per heavy atom. The first-order valence-electron chi connectivity index (χ1n) is 8.34. The summed E-state index contributed by atoms with van der Waals surface area (Å²) in [6, 6.07) is 9.38. The third-order valence-corrected chi connectivity index (χ3v) is 5.29. The number of carbonyl (C=O) groups is 1. The van der Waals surface area contributed by atoms with E-state index in [4.69, 9.17) is 0 Å². The molecule has 0 heterocycles. The van der Waals surface area contributed by atoms with Crippen LogP contribution in [0.25, 0.3) is 0 Å². The van der Waals surface area contributed by atoms with Crippen LogP contribution in [0.2, 0.25) is 0 Å². The topological polar surface area (TPSA) is 75.3 Å². The highest BCUT2D eigenvalue weighted by molar-refractivity contribution is 7.89. The van der Waals surface area contributed by atoms with Gasteiger partial charge in [0.1, 0.15) is 0 Å². The Labute approximate surface area is 157 Å². The second kappa shape index (κ2) is 8.14. The lowest BCUT2D eigenvalue weighted by atomic mass is 10.1. The van der Waals surface area contributed by atoms with Crippen molar-refractivity contribution in [3.63, 3.8) is 0 Å². The average Bonchev–Trinajstić information content (AvgIpc) is 2.55. The van der Waals surface area contributed by atoms with Crippen LogP contribution in [0.5, 0.6) is 0 Å². The molecule has 0 atom stereocenters. The van der Waals surface area contributed by atoms with Crippen molar-refractivity contribution in [2.45, 2.75) is 44.0 Å². The van der Waals surface area contributed by atoms with Gasteiger partial charge in [-0.2, -0.15) is 0 Å². The molecule has 0 aliphatic rings. The third-order valence-electron chi connectivity index (χ3n) is 3.52. The Balaban J connectivity index is 1.94. The Hall–Kier alpha value is -2.32. The molecule has 0 spiro atoms. The fraction of sp³-hybridized carbons (Fsp3) is 0.316. The van der Waals surface area contributed by atoms with Crippen molar-refractivity contribution < 1.29 is 22.0 Å². The fourth-order valence-electron chi connectivity index (χ4n) is 2.35. The predicted molar refractivity (Wildman–Crippen MR) is 99.8 cm³/mol. The highest BCUT2D eigenvalue weighted by Crippen LogP contribution is 2.16. The summed E-state index contributed by atoms with van der Waals surface area (Å²) in [5.74, 6) is -2.37. The summed E-state index contributed by atoms with van der Waals surface area (Å²) in [5, 5.41) is 2.49. The number of sulfonamides is 1. The SMILES string of the molecule is CC(C)(C)NS(=O)(=O)c1ccc(CCC(=O)Nc2ccc(F)c(F)c2)cc1. The molecule has 0 aromatic heterocycles. The monoisotopic (exact) mass is 396 g/mol. The van der Waals surface area contributed by atoms with Crippen LogP contribution in [0.1, 0.15) is 32.8 Å². The van der Waals surface area contributed by atoms with Gasteiger partial charge in [-0.05, 0) is 57.0 Å². The van der Waals surface area contributed by atoms with Gasteiger partial charge < -0.3 is 5.32 Å². The second-order valence-corrected chi connectivity index (χ2v) is 8.86. The van der Waals surface area contributed by atoms with Gasteiger partial charge in [-0.25, -0.2) is 21.9 Å². The van der Waals surface area contributed by atoms with Gasteiger partial charge >= 0.3 is 0 Å². The normalized spacial score (nSPS) is 12.0. The molecule has 2 rings (SSSR count). The highest BCUT2D eigenvalue weighted by Gasteiger charge is 2.21. The lowest BCUT2D eigenvalue weighted by Gasteiger charge is -2.20. The highest BCUT2D eigenvalue weighted by atomic mass is 32.2. The van der Waals surface area contributed by atoms with Crippen LogP contribution in [0.4, 0.5) is 14.5 Å². The van der Waals surface area contributed by atoms with Gasteiger partial charge in [-0.1, -0.05) is 12.1 Å². The molecule has 8 heteroatoms. The number of hydrogen-bond acceptors (Lipinski definition) is 3. The van der Waals surface area contributed by atoms with Crippen LogP contribution in [-0.4, -0.2) is 19.9 Å². The molecule has 146 valence electrons. The van der Waals surface area contributed by atoms with Gasteiger partial charge in [0.15, 0.2) is 11.6 Å². The zero-order valence-corrected chi connectivity index (χ0v) is 16.2. The lowest BCUT2D eigenvalue weighted by molar-refractivity contribution is -0.116. The quantitative estimate of drug-likeness (QED) is 0.783. The van der Waals surface area contributed by atoms with E-state index in [0.29, 0.717) is 6.42 Å². The summed E-state index contributed by atoms with van der Waals surface area (Å²) in [5.41, 5.74) is 0.369. The molecular weight excluding hydrogens is 374 g/mol. The van der Waals surface area contributed by atoms with E-state index in [1.165, 1.54) is 18.2 Å². The molecule has 0 saturated carbocycles. The molecule has 2 aromatic rings. The molecule has 5 nitrogen and oxygen atoms in total. The number of aryl methyl sites for hydroxylation is 1. The maximum Gasteiger partial charge on any atom is 0.241 e. The van der Waals surface area contributed by atoms with Gasteiger partial charge in [-0.3, -0.25) is 4.79 Å². The summed E-state index contributed by atoms with van der Waals surface area (Å²) in [4.78, 5) is 12.1. The van der Waals surface area contributed by atoms with E-state index in [0.717, 1.165) is 17.7 Å². The minimum Gasteiger partial charge on any atom is -0.326 e. The zero-order valence-electron chi connectivity index (χ0n) is 15.3. The lowest BCUT2D eigenvalue weighted by Crippen LogP contribution is -2.40. The van der Waals surface area contributed by atoms with Gasteiger partial charge in [-0.15, -0.1) is 0 Å². The van der Waals surface area contributed by atoms with Crippen LogP contribution in [0.15, 0.2) is 47.4 Å². The smallest absolute Gasteiger partial charge is 0.241 e. The first-order valence-corrected chi connectivity index (χ1v) is 9.82. The molecule has 2 aromatic carbocycles. The molecule has 0 aliphatic heterocycles. The number of rotatable bonds is 6. The Morgan fingerprint density at radius 2 is 1.63 bits per heavy atom. The average molecular weight is 396 g/mol. The Kier molecular flexibility index (Phi) is 6.33. The van der Waals surface area contributed by atoms with Gasteiger partial charge in [0, 0.05) is 23.7 Å². The molecule has 27 heavy (non-hydrogen) atoms. The first-order chi connectivity index (χ1) is 12.5. The van der Waals surface area contributed by atoms with Crippen molar-refractivity contribution in [3.05, 3.63) is 59.7 Å². The summed E-state index contributed by atoms with van der Waals surface area (Å²) in [6.07, 6.45) is 0.494. The minimum atomic E-state index is -3.61. The van der Waals surface area contributed by atoms with Gasteiger partial charge in [0.05, 0.1) is 4.90 Å². The van der Waals surface area contributed by atoms with Gasteiger partial charge in [0.2, 0.25) is 15.9 Å². The van der Waals surface area contributed by atoms with Crippen LogP contribution in [0, 0.1) is 11.6 Å². The standard InChI is InChI=1S/C19H22F2N2O3S/c1-19(2,3)23-27(25,26)15-8-4-13(5-9-15)6-11-18(24)22-14-7-10-16(20)17(21)12-14/h4-5,7-10,12,23H,6,11H2,1-3H3,(H,22,24). The fourth-order valence-corrected chi connectivity index (χ4v) is 3.77. The second-order valence-electron chi connectivity index (χ2n) is 7.18. The maximum atomic E-state index is 13.1. The molecule has 1 amide bonds. The Bertz CT molecular complexity index is 921. The van der Waals surface area contributed by atoms with E-state index in [1.807, 2.05) is 0 Å². The predicted octanol–water partition coefficient (Wildman–Crippen LogP) is 3.61. The Morgan fingerprint density at radius 1 is 1.00 bits per heavy atom. The van der Waals surface area contributed by atoms with E-state index in [1.54, 1.807) is 32.9 Å². The number of hydrogen-bond donors (Lipinski definition) is 2. The van der Waals surface area contributed by atoms with E-state index < -0.39 is 27.2 Å². The van der Waals surface area contributed by atoms with E-state index in [2.05, 4.69) is 10.0 Å². The van der Waals surface area contributed by atoms with Crippen molar-refractivity contribution in [3.8, 4) is 0 Å². The molecule has 0 radical (unpaired) electrons. The van der Waals surface area contributed by atoms with Gasteiger partial charge in [0.25, 0.3) is 0 Å². The zero-order chi connectivity index (χ0) is 20.2. The van der Waals surface area contributed by atoms with Crippen molar-refractivity contribution in [1.29, 1.82) is 0 Å². The summed E-state index contributed by atoms with van der Waals surface area (Å²) in [6.45, 7) is 5.26. The number of carbonyl (C=O) groups excluding carboxylic acids is 1. The van der Waals surface area contributed by atoms with E-state index in [-0.39, 0.29) is 22.9 Å². The molecule has 0 saturated heterocycles. The van der Waals surface area contributed by atoms with E-state index in [9.17, 15) is 22.0 Å². The summed E-state index contributed by atoms with van der Waals surface area (Å²) >= 11 is 0. The van der Waals surface area contributed by atoms with Crippen LogP contribution in [0.3, 0.4) is 0 Å².